The van der Waals surface area contributed by atoms with Crippen LogP contribution in [0.1, 0.15) is 18.9 Å². The number of sulfonamides is 1. The summed E-state index contributed by atoms with van der Waals surface area (Å²) in [5, 5.41) is 10.3. The summed E-state index contributed by atoms with van der Waals surface area (Å²) in [6, 6.07) is 17.1. The summed E-state index contributed by atoms with van der Waals surface area (Å²) in [7, 11) is -4.07. The summed E-state index contributed by atoms with van der Waals surface area (Å²) in [6.45, 7) is 1.65. The van der Waals surface area contributed by atoms with E-state index in [1.807, 2.05) is 6.07 Å². The van der Waals surface area contributed by atoms with E-state index >= 15 is 0 Å². The number of carbonyl (C=O) groups is 1. The van der Waals surface area contributed by atoms with Gasteiger partial charge < -0.3 is 10.8 Å². The van der Waals surface area contributed by atoms with Crippen LogP contribution in [0.4, 0.5) is 5.69 Å². The zero-order chi connectivity index (χ0) is 21.9. The van der Waals surface area contributed by atoms with E-state index in [0.29, 0.717) is 15.6 Å². The Balaban J connectivity index is 1.92. The standard InChI is InChI=1S/C21H21ClN2O4S2/c1-2-21(20(25)26,13-14-6-4-3-5-7-14)24-30(27,28)19-11-10-18(29-19)15-8-9-16(22)17(23)12-15/h3-12,24H,2,13,23H2,1H3,(H,25,26). The lowest BCUT2D eigenvalue weighted by atomic mass is 9.89. The number of hydrogen-bond donors (Lipinski definition) is 3. The molecule has 3 rings (SSSR count). The van der Waals surface area contributed by atoms with Gasteiger partial charge in [0, 0.05) is 11.3 Å². The Morgan fingerprint density at radius 3 is 2.47 bits per heavy atom. The lowest BCUT2D eigenvalue weighted by Crippen LogP contribution is -2.55. The Labute approximate surface area is 184 Å². The highest BCUT2D eigenvalue weighted by atomic mass is 35.5. The van der Waals surface area contributed by atoms with Crippen LogP contribution in [0.3, 0.4) is 0 Å². The highest BCUT2D eigenvalue weighted by Gasteiger charge is 2.41. The molecule has 4 N–H and O–H groups in total. The van der Waals surface area contributed by atoms with Crippen LogP contribution in [-0.4, -0.2) is 25.0 Å². The molecular weight excluding hydrogens is 444 g/mol. The number of thiophene rings is 1. The number of carboxylic acids is 1. The zero-order valence-electron chi connectivity index (χ0n) is 16.1. The monoisotopic (exact) mass is 464 g/mol. The van der Waals surface area contributed by atoms with Crippen molar-refractivity contribution < 1.29 is 18.3 Å². The van der Waals surface area contributed by atoms with Gasteiger partial charge >= 0.3 is 5.97 Å². The zero-order valence-corrected chi connectivity index (χ0v) is 18.5. The third kappa shape index (κ3) is 4.67. The van der Waals surface area contributed by atoms with Gasteiger partial charge in [-0.05, 0) is 41.8 Å². The predicted octanol–water partition coefficient (Wildman–Crippen LogP) is 4.41. The summed E-state index contributed by atoms with van der Waals surface area (Å²) in [6.07, 6.45) is 0.118. The van der Waals surface area contributed by atoms with Crippen molar-refractivity contribution in [3.8, 4) is 10.4 Å². The molecule has 9 heteroatoms. The number of benzene rings is 2. The molecule has 1 heterocycles. The lowest BCUT2D eigenvalue weighted by Gasteiger charge is -2.29. The van der Waals surface area contributed by atoms with Crippen molar-refractivity contribution in [1.82, 2.24) is 4.72 Å². The van der Waals surface area contributed by atoms with Crippen molar-refractivity contribution in [3.05, 3.63) is 71.2 Å². The van der Waals surface area contributed by atoms with Crippen molar-refractivity contribution in [2.24, 2.45) is 0 Å². The maximum atomic E-state index is 13.1. The number of rotatable bonds is 8. The first-order valence-corrected chi connectivity index (χ1v) is 11.8. The SMILES string of the molecule is CCC(Cc1ccccc1)(NS(=O)(=O)c1ccc(-c2ccc(Cl)c(N)c2)s1)C(=O)O. The highest BCUT2D eigenvalue weighted by molar-refractivity contribution is 7.91. The van der Waals surface area contributed by atoms with Crippen molar-refractivity contribution in [3.63, 3.8) is 0 Å². The second-order valence-corrected chi connectivity index (χ2v) is 10.3. The molecule has 0 aliphatic heterocycles. The number of anilines is 1. The van der Waals surface area contributed by atoms with Crippen LogP contribution in [0.2, 0.25) is 5.02 Å². The number of nitrogens with one attached hydrogen (secondary N) is 1. The Bertz CT molecular complexity index is 1160. The summed E-state index contributed by atoms with van der Waals surface area (Å²) in [5.41, 5.74) is 6.03. The molecule has 0 saturated heterocycles. The molecule has 0 saturated carbocycles. The minimum Gasteiger partial charge on any atom is -0.480 e. The molecule has 3 aromatic rings. The van der Waals surface area contributed by atoms with Gasteiger partial charge in [0.05, 0.1) is 10.7 Å². The average molecular weight is 465 g/mol. The van der Waals surface area contributed by atoms with Gasteiger partial charge in [-0.15, -0.1) is 11.3 Å². The smallest absolute Gasteiger partial charge is 0.325 e. The number of carboxylic acid groups (broad SMARTS) is 1. The van der Waals surface area contributed by atoms with Crippen LogP contribution in [0.5, 0.6) is 0 Å². The summed E-state index contributed by atoms with van der Waals surface area (Å²) in [5.74, 6) is -1.22. The first-order valence-electron chi connectivity index (χ1n) is 9.13. The third-order valence-electron chi connectivity index (χ3n) is 4.82. The van der Waals surface area contributed by atoms with Crippen molar-refractivity contribution in [2.45, 2.75) is 29.5 Å². The van der Waals surface area contributed by atoms with E-state index in [2.05, 4.69) is 4.72 Å². The third-order valence-corrected chi connectivity index (χ3v) is 8.32. The number of nitrogens with two attached hydrogens (primary N) is 1. The van der Waals surface area contributed by atoms with Gasteiger partial charge in [0.15, 0.2) is 0 Å². The van der Waals surface area contributed by atoms with E-state index in [1.165, 1.54) is 6.07 Å². The number of aliphatic carboxylic acids is 1. The quantitative estimate of drug-likeness (QED) is 0.428. The van der Waals surface area contributed by atoms with E-state index < -0.39 is 21.5 Å². The second-order valence-electron chi connectivity index (χ2n) is 6.86. The van der Waals surface area contributed by atoms with Crippen LogP contribution in [0.25, 0.3) is 10.4 Å². The van der Waals surface area contributed by atoms with Gasteiger partial charge in [0.1, 0.15) is 9.75 Å². The fourth-order valence-corrected chi connectivity index (χ4v) is 5.92. The first-order chi connectivity index (χ1) is 14.2. The van der Waals surface area contributed by atoms with E-state index in [0.717, 1.165) is 22.5 Å². The van der Waals surface area contributed by atoms with Crippen LogP contribution in [0, 0.1) is 0 Å². The van der Waals surface area contributed by atoms with E-state index in [-0.39, 0.29) is 17.1 Å². The molecule has 1 aromatic heterocycles. The van der Waals surface area contributed by atoms with Gasteiger partial charge in [-0.3, -0.25) is 4.79 Å². The van der Waals surface area contributed by atoms with Crippen molar-refractivity contribution >= 4 is 44.6 Å². The van der Waals surface area contributed by atoms with Gasteiger partial charge in [0.25, 0.3) is 10.0 Å². The molecule has 1 atom stereocenters. The molecule has 0 amide bonds. The molecule has 0 bridgehead atoms. The van der Waals surface area contributed by atoms with Crippen LogP contribution < -0.4 is 10.5 Å². The summed E-state index contributed by atoms with van der Waals surface area (Å²) >= 11 is 6.98. The minimum absolute atomic E-state index is 0.0261. The summed E-state index contributed by atoms with van der Waals surface area (Å²) in [4.78, 5) is 12.8. The predicted molar refractivity (Wildman–Crippen MR) is 120 cm³/mol. The normalized spacial score (nSPS) is 13.7. The highest BCUT2D eigenvalue weighted by Crippen LogP contribution is 2.34. The molecule has 6 nitrogen and oxygen atoms in total. The van der Waals surface area contributed by atoms with Crippen molar-refractivity contribution in [1.29, 1.82) is 0 Å². The Kier molecular flexibility index (Phi) is 6.52. The second kappa shape index (κ2) is 8.77. The molecule has 158 valence electrons. The fourth-order valence-electron chi connectivity index (χ4n) is 3.07. The number of hydrogen-bond acceptors (Lipinski definition) is 5. The van der Waals surface area contributed by atoms with Crippen molar-refractivity contribution in [2.75, 3.05) is 5.73 Å². The first kappa shape index (κ1) is 22.3. The maximum absolute atomic E-state index is 13.1. The Hall–Kier alpha value is -2.39. The topological polar surface area (TPSA) is 109 Å². The molecule has 0 fully saturated rings. The van der Waals surface area contributed by atoms with Crippen LogP contribution in [-0.2, 0) is 21.2 Å². The van der Waals surface area contributed by atoms with Gasteiger partial charge in [-0.25, -0.2) is 8.42 Å². The number of halogens is 1. The summed E-state index contributed by atoms with van der Waals surface area (Å²) < 4.78 is 28.6. The Morgan fingerprint density at radius 2 is 1.87 bits per heavy atom. The lowest BCUT2D eigenvalue weighted by molar-refractivity contribution is -0.144. The van der Waals surface area contributed by atoms with Crippen LogP contribution >= 0.6 is 22.9 Å². The molecule has 30 heavy (non-hydrogen) atoms. The fraction of sp³-hybridized carbons (Fsp3) is 0.190. The molecule has 0 aliphatic carbocycles. The van der Waals surface area contributed by atoms with E-state index in [4.69, 9.17) is 17.3 Å². The van der Waals surface area contributed by atoms with Gasteiger partial charge in [-0.2, -0.15) is 4.72 Å². The van der Waals surface area contributed by atoms with Gasteiger partial charge in [0.2, 0.25) is 0 Å². The molecule has 0 radical (unpaired) electrons. The molecule has 1 unspecified atom stereocenters. The molecular formula is C21H21ClN2O4S2. The Morgan fingerprint density at radius 1 is 1.17 bits per heavy atom. The molecule has 0 spiro atoms. The van der Waals surface area contributed by atoms with Gasteiger partial charge in [-0.1, -0.05) is 54.9 Å². The van der Waals surface area contributed by atoms with E-state index in [9.17, 15) is 18.3 Å². The minimum atomic E-state index is -4.07. The average Bonchev–Trinajstić information content (AvgIpc) is 3.21. The largest absolute Gasteiger partial charge is 0.480 e. The maximum Gasteiger partial charge on any atom is 0.325 e. The van der Waals surface area contributed by atoms with E-state index in [1.54, 1.807) is 55.5 Å². The molecule has 0 aliphatic rings. The van der Waals surface area contributed by atoms with Crippen LogP contribution in [0.15, 0.2) is 64.9 Å². The number of nitrogen functional groups attached to an aromatic ring is 1. The molecule has 2 aromatic carbocycles.